The van der Waals surface area contributed by atoms with Crippen LogP contribution in [0.15, 0.2) is 16.7 Å². The number of hydrogen-bond acceptors (Lipinski definition) is 4. The Morgan fingerprint density at radius 2 is 2.13 bits per heavy atom. The number of nitrogens with one attached hydrogen (secondary N) is 1. The van der Waals surface area contributed by atoms with Crippen LogP contribution in [0.4, 0.5) is 0 Å². The van der Waals surface area contributed by atoms with Gasteiger partial charge in [-0.15, -0.1) is 11.8 Å². The summed E-state index contributed by atoms with van der Waals surface area (Å²) < 4.78 is 5.49. The van der Waals surface area contributed by atoms with Crippen LogP contribution in [0.1, 0.15) is 49.5 Å². The summed E-state index contributed by atoms with van der Waals surface area (Å²) in [6, 6.07) is 1.67. The first-order chi connectivity index (χ1) is 11.2. The van der Waals surface area contributed by atoms with E-state index in [2.05, 4.69) is 5.32 Å². The Kier molecular flexibility index (Phi) is 4.09. The minimum Gasteiger partial charge on any atom is -0.469 e. The maximum absolute atomic E-state index is 12.7. The maximum Gasteiger partial charge on any atom is 0.244 e. The highest BCUT2D eigenvalue weighted by molar-refractivity contribution is 7.99. The Balaban J connectivity index is 1.43. The van der Waals surface area contributed by atoms with Crippen LogP contribution in [0.2, 0.25) is 0 Å². The van der Waals surface area contributed by atoms with Crippen LogP contribution in [0.3, 0.4) is 0 Å². The van der Waals surface area contributed by atoms with Crippen molar-refractivity contribution >= 4 is 23.6 Å². The first-order valence-corrected chi connectivity index (χ1v) is 9.64. The Bertz CT molecular complexity index is 611. The summed E-state index contributed by atoms with van der Waals surface area (Å²) in [6.07, 6.45) is 7.71. The van der Waals surface area contributed by atoms with E-state index in [1.54, 1.807) is 22.9 Å². The zero-order valence-electron chi connectivity index (χ0n) is 13.1. The normalized spacial score (nSPS) is 27.4. The van der Waals surface area contributed by atoms with Gasteiger partial charge in [-0.2, -0.15) is 0 Å². The lowest BCUT2D eigenvalue weighted by atomic mass is 9.84. The van der Waals surface area contributed by atoms with E-state index in [1.165, 1.54) is 0 Å². The van der Waals surface area contributed by atoms with Gasteiger partial charge in [0.15, 0.2) is 0 Å². The SMILES string of the molecule is O=C(N[C@H]1CCCc2occc21)[C@@H]1CSCN1C(=O)C1CCC1. The molecule has 2 amide bonds. The van der Waals surface area contributed by atoms with Gasteiger partial charge in [0.1, 0.15) is 11.8 Å². The molecule has 1 aromatic heterocycles. The van der Waals surface area contributed by atoms with Gasteiger partial charge in [-0.1, -0.05) is 6.42 Å². The van der Waals surface area contributed by atoms with Crippen molar-refractivity contribution in [3.63, 3.8) is 0 Å². The van der Waals surface area contributed by atoms with Crippen LogP contribution in [0.5, 0.6) is 0 Å². The second kappa shape index (κ2) is 6.23. The molecule has 1 N–H and O–H groups in total. The van der Waals surface area contributed by atoms with Gasteiger partial charge in [0, 0.05) is 23.7 Å². The summed E-state index contributed by atoms with van der Waals surface area (Å²) in [6.45, 7) is 0. The number of thioether (sulfide) groups is 1. The average Bonchev–Trinajstić information content (AvgIpc) is 3.15. The second-order valence-corrected chi connectivity index (χ2v) is 7.70. The molecule has 3 aliphatic rings. The van der Waals surface area contributed by atoms with Gasteiger partial charge >= 0.3 is 0 Å². The molecule has 0 spiro atoms. The van der Waals surface area contributed by atoms with Crippen molar-refractivity contribution in [3.05, 3.63) is 23.7 Å². The third-order valence-electron chi connectivity index (χ3n) is 5.29. The first kappa shape index (κ1) is 15.1. The van der Waals surface area contributed by atoms with Gasteiger partial charge in [-0.05, 0) is 31.7 Å². The number of carbonyl (C=O) groups excluding carboxylic acids is 2. The fourth-order valence-corrected chi connectivity index (χ4v) is 4.83. The van der Waals surface area contributed by atoms with E-state index in [4.69, 9.17) is 4.42 Å². The van der Waals surface area contributed by atoms with Gasteiger partial charge < -0.3 is 14.6 Å². The summed E-state index contributed by atoms with van der Waals surface area (Å²) in [5.41, 5.74) is 1.10. The lowest BCUT2D eigenvalue weighted by Gasteiger charge is -2.32. The molecule has 23 heavy (non-hydrogen) atoms. The van der Waals surface area contributed by atoms with Crippen LogP contribution >= 0.6 is 11.8 Å². The molecule has 0 radical (unpaired) electrons. The zero-order chi connectivity index (χ0) is 15.8. The number of rotatable bonds is 3. The molecule has 0 bridgehead atoms. The van der Waals surface area contributed by atoms with Crippen molar-refractivity contribution in [1.29, 1.82) is 0 Å². The highest BCUT2D eigenvalue weighted by Crippen LogP contribution is 2.34. The average molecular weight is 334 g/mol. The van der Waals surface area contributed by atoms with E-state index in [1.807, 2.05) is 6.07 Å². The topological polar surface area (TPSA) is 62.6 Å². The number of fused-ring (bicyclic) bond motifs is 1. The molecule has 2 heterocycles. The molecule has 4 rings (SSSR count). The van der Waals surface area contributed by atoms with E-state index in [0.717, 1.165) is 49.8 Å². The molecule has 0 aromatic carbocycles. The molecule has 2 atom stereocenters. The number of nitrogens with zero attached hydrogens (tertiary/aromatic N) is 1. The molecule has 0 unspecified atom stereocenters. The fraction of sp³-hybridized carbons (Fsp3) is 0.647. The summed E-state index contributed by atoms with van der Waals surface area (Å²) in [7, 11) is 0. The largest absolute Gasteiger partial charge is 0.469 e. The number of hydrogen-bond donors (Lipinski definition) is 1. The molecule has 1 aliphatic heterocycles. The van der Waals surface area contributed by atoms with Crippen molar-refractivity contribution in [2.45, 2.75) is 50.6 Å². The Morgan fingerprint density at radius 1 is 1.26 bits per heavy atom. The van der Waals surface area contributed by atoms with Gasteiger partial charge in [-0.3, -0.25) is 9.59 Å². The van der Waals surface area contributed by atoms with E-state index < -0.39 is 0 Å². The van der Waals surface area contributed by atoms with Crippen LogP contribution in [-0.2, 0) is 16.0 Å². The molecule has 124 valence electrons. The standard InChI is InChI=1S/C17H22N2O3S/c20-16(18-13-5-2-6-15-12(13)7-8-22-15)14-9-23-10-19(14)17(21)11-3-1-4-11/h7-8,11,13-14H,1-6,9-10H2,(H,18,20)/t13-,14-/m0/s1. The van der Waals surface area contributed by atoms with Gasteiger partial charge in [0.25, 0.3) is 0 Å². The lowest BCUT2D eigenvalue weighted by Crippen LogP contribution is -2.50. The minimum absolute atomic E-state index is 0.0123. The second-order valence-electron chi connectivity index (χ2n) is 6.70. The quantitative estimate of drug-likeness (QED) is 0.922. The maximum atomic E-state index is 12.7. The fourth-order valence-electron chi connectivity index (χ4n) is 3.67. The predicted octanol–water partition coefficient (Wildman–Crippen LogP) is 2.47. The smallest absolute Gasteiger partial charge is 0.244 e. The molecule has 2 aliphatic carbocycles. The van der Waals surface area contributed by atoms with Crippen LogP contribution in [-0.4, -0.2) is 34.4 Å². The highest BCUT2D eigenvalue weighted by atomic mass is 32.2. The molecular formula is C17H22N2O3S. The van der Waals surface area contributed by atoms with E-state index in [9.17, 15) is 9.59 Å². The van der Waals surface area contributed by atoms with Crippen LogP contribution in [0, 0.1) is 5.92 Å². The summed E-state index contributed by atoms with van der Waals surface area (Å²) in [4.78, 5) is 27.0. The molecule has 1 saturated carbocycles. The van der Waals surface area contributed by atoms with Crippen molar-refractivity contribution in [2.24, 2.45) is 5.92 Å². The van der Waals surface area contributed by atoms with Crippen molar-refractivity contribution in [2.75, 3.05) is 11.6 Å². The number of carbonyl (C=O) groups is 2. The van der Waals surface area contributed by atoms with Gasteiger partial charge in [0.2, 0.25) is 11.8 Å². The van der Waals surface area contributed by atoms with Crippen molar-refractivity contribution in [3.8, 4) is 0 Å². The zero-order valence-corrected chi connectivity index (χ0v) is 13.9. The van der Waals surface area contributed by atoms with E-state index >= 15 is 0 Å². The summed E-state index contributed by atoms with van der Waals surface area (Å²) in [5, 5.41) is 3.16. The third kappa shape index (κ3) is 2.77. The Morgan fingerprint density at radius 3 is 2.91 bits per heavy atom. The number of aryl methyl sites for hydroxylation is 1. The summed E-state index contributed by atoms with van der Waals surface area (Å²) >= 11 is 1.67. The monoisotopic (exact) mass is 334 g/mol. The molecule has 2 fully saturated rings. The van der Waals surface area contributed by atoms with E-state index in [-0.39, 0.29) is 29.8 Å². The van der Waals surface area contributed by atoms with Crippen LogP contribution < -0.4 is 5.32 Å². The number of amides is 2. The highest BCUT2D eigenvalue weighted by Gasteiger charge is 2.40. The Hall–Kier alpha value is -1.43. The summed E-state index contributed by atoms with van der Waals surface area (Å²) in [5.74, 6) is 2.66. The first-order valence-electron chi connectivity index (χ1n) is 8.49. The van der Waals surface area contributed by atoms with Gasteiger partial charge in [0.05, 0.1) is 18.2 Å². The molecule has 6 heteroatoms. The Labute approximate surface area is 140 Å². The molecule has 1 saturated heterocycles. The molecule has 1 aromatic rings. The third-order valence-corrected chi connectivity index (χ3v) is 6.30. The van der Waals surface area contributed by atoms with Crippen molar-refractivity contribution in [1.82, 2.24) is 10.2 Å². The molecular weight excluding hydrogens is 312 g/mol. The van der Waals surface area contributed by atoms with E-state index in [0.29, 0.717) is 11.6 Å². The lowest BCUT2D eigenvalue weighted by molar-refractivity contribution is -0.143. The predicted molar refractivity (Wildman–Crippen MR) is 87.8 cm³/mol. The van der Waals surface area contributed by atoms with Gasteiger partial charge in [-0.25, -0.2) is 0 Å². The van der Waals surface area contributed by atoms with Crippen LogP contribution in [0.25, 0.3) is 0 Å². The number of furan rings is 1. The minimum atomic E-state index is -0.314. The van der Waals surface area contributed by atoms with Crippen molar-refractivity contribution < 1.29 is 14.0 Å². The molecule has 5 nitrogen and oxygen atoms in total.